The van der Waals surface area contributed by atoms with Crippen molar-refractivity contribution in [1.82, 2.24) is 9.62 Å². The van der Waals surface area contributed by atoms with Crippen molar-refractivity contribution in [3.63, 3.8) is 0 Å². The van der Waals surface area contributed by atoms with Gasteiger partial charge in [-0.1, -0.05) is 31.0 Å². The van der Waals surface area contributed by atoms with Crippen LogP contribution in [0.25, 0.3) is 0 Å². The molecule has 1 saturated heterocycles. The summed E-state index contributed by atoms with van der Waals surface area (Å²) in [6.07, 6.45) is 2.66. The number of nitrogens with one attached hydrogen (secondary N) is 1. The molecule has 1 aromatic rings. The van der Waals surface area contributed by atoms with Crippen molar-refractivity contribution in [3.8, 4) is 5.75 Å². The molecular formula is C18H27ClN2O4S. The van der Waals surface area contributed by atoms with E-state index in [0.29, 0.717) is 56.3 Å². The highest BCUT2D eigenvalue weighted by Gasteiger charge is 2.30. The van der Waals surface area contributed by atoms with Crippen LogP contribution >= 0.6 is 11.6 Å². The third-order valence-corrected chi connectivity index (χ3v) is 6.63. The number of nitrogens with zero attached hydrogens (tertiary/aromatic N) is 1. The van der Waals surface area contributed by atoms with E-state index in [1.54, 1.807) is 18.2 Å². The number of benzene rings is 1. The smallest absolute Gasteiger partial charge is 0.223 e. The minimum atomic E-state index is -3.18. The first-order valence-electron chi connectivity index (χ1n) is 9.06. The van der Waals surface area contributed by atoms with Crippen LogP contribution in [0.1, 0.15) is 32.6 Å². The van der Waals surface area contributed by atoms with Gasteiger partial charge < -0.3 is 10.1 Å². The van der Waals surface area contributed by atoms with Gasteiger partial charge in [0, 0.05) is 24.0 Å². The topological polar surface area (TPSA) is 75.7 Å². The van der Waals surface area contributed by atoms with Crippen molar-refractivity contribution in [1.29, 1.82) is 0 Å². The van der Waals surface area contributed by atoms with Crippen LogP contribution in [-0.4, -0.2) is 50.6 Å². The third-order valence-electron chi connectivity index (χ3n) is 4.44. The van der Waals surface area contributed by atoms with Crippen LogP contribution in [0.5, 0.6) is 5.75 Å². The zero-order chi connectivity index (χ0) is 19.0. The Labute approximate surface area is 160 Å². The lowest BCUT2D eigenvalue weighted by Gasteiger charge is -2.30. The maximum absolute atomic E-state index is 12.2. The second-order valence-corrected chi connectivity index (χ2v) is 8.96. The SMILES string of the molecule is CCCCS(=O)(=O)N1CCC(C(=O)NCCOc2cccc(Cl)c2)CC1. The monoisotopic (exact) mass is 402 g/mol. The minimum Gasteiger partial charge on any atom is -0.492 e. The van der Waals surface area contributed by atoms with Crippen molar-refractivity contribution in [2.45, 2.75) is 32.6 Å². The van der Waals surface area contributed by atoms with Crippen LogP contribution in [0.4, 0.5) is 0 Å². The van der Waals surface area contributed by atoms with E-state index < -0.39 is 10.0 Å². The quantitative estimate of drug-likeness (QED) is 0.644. The van der Waals surface area contributed by atoms with Crippen LogP contribution in [-0.2, 0) is 14.8 Å². The highest BCUT2D eigenvalue weighted by atomic mass is 35.5. The summed E-state index contributed by atoms with van der Waals surface area (Å²) in [6, 6.07) is 7.10. The van der Waals surface area contributed by atoms with Crippen molar-refractivity contribution < 1.29 is 17.9 Å². The molecule has 26 heavy (non-hydrogen) atoms. The summed E-state index contributed by atoms with van der Waals surface area (Å²) in [5.74, 6) is 0.683. The Hall–Kier alpha value is -1.31. The van der Waals surface area contributed by atoms with Gasteiger partial charge in [-0.25, -0.2) is 12.7 Å². The lowest BCUT2D eigenvalue weighted by Crippen LogP contribution is -2.44. The van der Waals surface area contributed by atoms with Crippen LogP contribution in [0.15, 0.2) is 24.3 Å². The second-order valence-electron chi connectivity index (χ2n) is 6.44. The van der Waals surface area contributed by atoms with Crippen molar-refractivity contribution in [2.24, 2.45) is 5.92 Å². The second kappa shape index (κ2) is 10.1. The van der Waals surface area contributed by atoms with Gasteiger partial charge in [-0.05, 0) is 37.5 Å². The largest absolute Gasteiger partial charge is 0.492 e. The standard InChI is InChI=1S/C18H27ClN2O4S/c1-2-3-13-26(23,24)21-10-7-15(8-11-21)18(22)20-9-12-25-17-6-4-5-16(19)14-17/h4-6,14-15H,2-3,7-13H2,1H3,(H,20,22). The summed E-state index contributed by atoms with van der Waals surface area (Å²) >= 11 is 5.88. The lowest BCUT2D eigenvalue weighted by atomic mass is 9.97. The number of rotatable bonds is 9. The fourth-order valence-electron chi connectivity index (χ4n) is 2.90. The molecule has 1 aromatic carbocycles. The van der Waals surface area contributed by atoms with Crippen molar-refractivity contribution >= 4 is 27.5 Å². The average molecular weight is 403 g/mol. The Morgan fingerprint density at radius 1 is 1.35 bits per heavy atom. The molecule has 1 N–H and O–H groups in total. The Balaban J connectivity index is 1.68. The molecule has 1 aliphatic heterocycles. The lowest BCUT2D eigenvalue weighted by molar-refractivity contribution is -0.126. The van der Waals surface area contributed by atoms with E-state index in [9.17, 15) is 13.2 Å². The van der Waals surface area contributed by atoms with E-state index in [1.165, 1.54) is 4.31 Å². The molecular weight excluding hydrogens is 376 g/mol. The zero-order valence-electron chi connectivity index (χ0n) is 15.1. The van der Waals surface area contributed by atoms with Crippen LogP contribution in [0.2, 0.25) is 5.02 Å². The molecule has 6 nitrogen and oxygen atoms in total. The Kier molecular flexibility index (Phi) is 8.18. The van der Waals surface area contributed by atoms with E-state index in [0.717, 1.165) is 6.42 Å². The van der Waals surface area contributed by atoms with Crippen LogP contribution in [0, 0.1) is 5.92 Å². The number of unbranched alkanes of at least 4 members (excludes halogenated alkanes) is 1. The summed E-state index contributed by atoms with van der Waals surface area (Å²) < 4.78 is 31.4. The number of sulfonamides is 1. The average Bonchev–Trinajstić information content (AvgIpc) is 2.63. The molecule has 0 aliphatic carbocycles. The summed E-state index contributed by atoms with van der Waals surface area (Å²) in [4.78, 5) is 12.2. The Bertz CT molecular complexity index is 688. The molecule has 146 valence electrons. The Morgan fingerprint density at radius 3 is 2.73 bits per heavy atom. The molecule has 2 rings (SSSR count). The summed E-state index contributed by atoms with van der Waals surface area (Å²) in [5, 5.41) is 3.46. The fourth-order valence-corrected chi connectivity index (χ4v) is 4.76. The first kappa shape index (κ1) is 21.0. The van der Waals surface area contributed by atoms with Gasteiger partial charge in [0.15, 0.2) is 0 Å². The fraction of sp³-hybridized carbons (Fsp3) is 0.611. The molecule has 1 fully saturated rings. The maximum Gasteiger partial charge on any atom is 0.223 e. The molecule has 1 amide bonds. The number of hydrogen-bond acceptors (Lipinski definition) is 4. The van der Waals surface area contributed by atoms with E-state index in [-0.39, 0.29) is 17.6 Å². The molecule has 0 spiro atoms. The van der Waals surface area contributed by atoms with Gasteiger partial charge in [0.2, 0.25) is 15.9 Å². The Morgan fingerprint density at radius 2 is 2.08 bits per heavy atom. The van der Waals surface area contributed by atoms with Gasteiger partial charge >= 0.3 is 0 Å². The van der Waals surface area contributed by atoms with Crippen LogP contribution in [0.3, 0.4) is 0 Å². The molecule has 0 atom stereocenters. The van der Waals surface area contributed by atoms with Crippen LogP contribution < -0.4 is 10.1 Å². The molecule has 8 heteroatoms. The molecule has 1 heterocycles. The number of piperidine rings is 1. The number of halogens is 1. The minimum absolute atomic E-state index is 0.0368. The predicted molar refractivity (Wildman–Crippen MR) is 103 cm³/mol. The first-order chi connectivity index (χ1) is 12.4. The highest BCUT2D eigenvalue weighted by molar-refractivity contribution is 7.89. The number of hydrogen-bond donors (Lipinski definition) is 1. The molecule has 0 unspecified atom stereocenters. The molecule has 1 aliphatic rings. The number of carbonyl (C=O) groups excluding carboxylic acids is 1. The van der Waals surface area contributed by atoms with E-state index in [1.807, 2.05) is 13.0 Å². The number of ether oxygens (including phenoxy) is 1. The van der Waals surface area contributed by atoms with Crippen molar-refractivity contribution in [2.75, 3.05) is 32.0 Å². The van der Waals surface area contributed by atoms with Gasteiger partial charge in [0.1, 0.15) is 12.4 Å². The zero-order valence-corrected chi connectivity index (χ0v) is 16.7. The van der Waals surface area contributed by atoms with E-state index in [4.69, 9.17) is 16.3 Å². The first-order valence-corrected chi connectivity index (χ1v) is 11.0. The van der Waals surface area contributed by atoms with Crippen molar-refractivity contribution in [3.05, 3.63) is 29.3 Å². The van der Waals surface area contributed by atoms with Gasteiger partial charge in [-0.3, -0.25) is 4.79 Å². The summed E-state index contributed by atoms with van der Waals surface area (Å²) in [6.45, 7) is 3.57. The number of carbonyl (C=O) groups is 1. The van der Waals surface area contributed by atoms with Gasteiger partial charge in [0.05, 0.1) is 12.3 Å². The van der Waals surface area contributed by atoms with E-state index in [2.05, 4.69) is 5.32 Å². The predicted octanol–water partition coefficient (Wildman–Crippen LogP) is 2.68. The summed E-state index contributed by atoms with van der Waals surface area (Å²) in [7, 11) is -3.18. The maximum atomic E-state index is 12.2. The van der Waals surface area contributed by atoms with Gasteiger partial charge in [-0.15, -0.1) is 0 Å². The molecule has 0 aromatic heterocycles. The third kappa shape index (κ3) is 6.45. The van der Waals surface area contributed by atoms with Gasteiger partial charge in [0.25, 0.3) is 0 Å². The van der Waals surface area contributed by atoms with E-state index >= 15 is 0 Å². The summed E-state index contributed by atoms with van der Waals surface area (Å²) in [5.41, 5.74) is 0. The number of amides is 1. The normalized spacial score (nSPS) is 16.4. The molecule has 0 bridgehead atoms. The highest BCUT2D eigenvalue weighted by Crippen LogP contribution is 2.21. The molecule has 0 radical (unpaired) electrons. The van der Waals surface area contributed by atoms with Gasteiger partial charge in [-0.2, -0.15) is 0 Å². The molecule has 0 saturated carbocycles.